The lowest BCUT2D eigenvalue weighted by molar-refractivity contribution is -0.0879. The van der Waals surface area contributed by atoms with Gasteiger partial charge < -0.3 is 23.8 Å². The number of hydrogen-bond acceptors (Lipinski definition) is 6. The van der Waals surface area contributed by atoms with Gasteiger partial charge in [0.25, 0.3) is 0 Å². The van der Waals surface area contributed by atoms with E-state index >= 15 is 0 Å². The van der Waals surface area contributed by atoms with Crippen LogP contribution in [0.2, 0.25) is 0 Å². The summed E-state index contributed by atoms with van der Waals surface area (Å²) < 4.78 is 24.2. The minimum absolute atomic E-state index is 0.0139. The molecule has 0 saturated carbocycles. The lowest BCUT2D eigenvalue weighted by atomic mass is 9.95. The summed E-state index contributed by atoms with van der Waals surface area (Å²) >= 11 is 0. The average molecular weight is 530 g/mol. The molecule has 1 heterocycles. The van der Waals surface area contributed by atoms with Gasteiger partial charge in [-0.1, -0.05) is 92.7 Å². The summed E-state index contributed by atoms with van der Waals surface area (Å²) in [5, 5.41) is 4.30. The number of ether oxygens (including phenoxy) is 4. The molecule has 39 heavy (non-hydrogen) atoms. The molecule has 0 N–H and O–H groups in total. The van der Waals surface area contributed by atoms with E-state index in [2.05, 4.69) is 50.2 Å². The van der Waals surface area contributed by atoms with Gasteiger partial charge in [-0.25, -0.2) is 0 Å². The Morgan fingerprint density at radius 3 is 2.18 bits per heavy atom. The van der Waals surface area contributed by atoms with E-state index in [4.69, 9.17) is 23.8 Å². The van der Waals surface area contributed by atoms with Gasteiger partial charge in [0.1, 0.15) is 36.4 Å². The Labute approximate surface area is 232 Å². The molecule has 0 radical (unpaired) electrons. The Morgan fingerprint density at radius 2 is 1.51 bits per heavy atom. The van der Waals surface area contributed by atoms with Gasteiger partial charge in [0.15, 0.2) is 0 Å². The number of rotatable bonds is 13. The molecule has 0 amide bonds. The minimum Gasteiger partial charge on any atom is -0.497 e. The van der Waals surface area contributed by atoms with Crippen molar-refractivity contribution in [3.63, 3.8) is 0 Å². The Balaban J connectivity index is 1.38. The maximum Gasteiger partial charge on any atom is 0.147 e. The van der Waals surface area contributed by atoms with Crippen molar-refractivity contribution >= 4 is 6.21 Å². The molecule has 3 aromatic carbocycles. The molecule has 4 rings (SSSR count). The molecular weight excluding hydrogens is 490 g/mol. The van der Waals surface area contributed by atoms with Crippen LogP contribution in [0.15, 0.2) is 102 Å². The second-order valence-corrected chi connectivity index (χ2v) is 10.1. The first-order valence-electron chi connectivity index (χ1n) is 13.5. The second-order valence-electron chi connectivity index (χ2n) is 10.1. The second kappa shape index (κ2) is 14.5. The molecule has 0 bridgehead atoms. The average Bonchev–Trinajstić information content (AvgIpc) is 2.97. The fourth-order valence-corrected chi connectivity index (χ4v) is 4.60. The summed E-state index contributed by atoms with van der Waals surface area (Å²) in [6, 6.07) is 27.8. The van der Waals surface area contributed by atoms with Gasteiger partial charge >= 0.3 is 0 Å². The van der Waals surface area contributed by atoms with E-state index in [9.17, 15) is 0 Å². The first kappa shape index (κ1) is 28.4. The topological polar surface area (TPSA) is 58.5 Å². The maximum atomic E-state index is 6.42. The molecule has 0 unspecified atom stereocenters. The normalized spacial score (nSPS) is 20.6. The highest BCUT2D eigenvalue weighted by atomic mass is 16.6. The largest absolute Gasteiger partial charge is 0.497 e. The van der Waals surface area contributed by atoms with Crippen LogP contribution in [0.1, 0.15) is 38.0 Å². The van der Waals surface area contributed by atoms with Crippen molar-refractivity contribution in [3.8, 4) is 11.5 Å². The third-order valence-electron chi connectivity index (χ3n) is 6.69. The van der Waals surface area contributed by atoms with Crippen LogP contribution in [0.5, 0.6) is 11.5 Å². The molecule has 1 aliphatic rings. The summed E-state index contributed by atoms with van der Waals surface area (Å²) in [6.07, 6.45) is 5.03. The molecule has 0 fully saturated rings. The van der Waals surface area contributed by atoms with Crippen molar-refractivity contribution in [2.45, 2.75) is 51.8 Å². The van der Waals surface area contributed by atoms with Gasteiger partial charge in [0, 0.05) is 12.1 Å². The monoisotopic (exact) mass is 529 g/mol. The highest BCUT2D eigenvalue weighted by Gasteiger charge is 2.30. The number of benzene rings is 3. The van der Waals surface area contributed by atoms with Crippen LogP contribution in [0.25, 0.3) is 0 Å². The lowest BCUT2D eigenvalue weighted by Gasteiger charge is -2.32. The summed E-state index contributed by atoms with van der Waals surface area (Å²) in [5.74, 6) is 1.91. The van der Waals surface area contributed by atoms with Crippen molar-refractivity contribution in [2.75, 3.05) is 13.7 Å². The van der Waals surface area contributed by atoms with Crippen molar-refractivity contribution in [2.24, 2.45) is 17.0 Å². The molecule has 6 nitrogen and oxygen atoms in total. The first-order chi connectivity index (χ1) is 19.0. The molecule has 5 atom stereocenters. The molecule has 3 aromatic rings. The zero-order valence-electron chi connectivity index (χ0n) is 23.2. The quantitative estimate of drug-likeness (QED) is 0.135. The van der Waals surface area contributed by atoms with Gasteiger partial charge in [0.05, 0.1) is 19.8 Å². The van der Waals surface area contributed by atoms with Gasteiger partial charge in [-0.05, 0) is 47.4 Å². The molecular formula is C33H39NO5. The number of nitrogens with zero attached hydrogens (tertiary/aromatic N) is 1. The predicted octanol–water partition coefficient (Wildman–Crippen LogP) is 7.02. The van der Waals surface area contributed by atoms with Crippen LogP contribution in [-0.2, 0) is 20.9 Å². The van der Waals surface area contributed by atoms with Gasteiger partial charge in [-0.2, -0.15) is 0 Å². The highest BCUT2D eigenvalue weighted by molar-refractivity contribution is 5.60. The van der Waals surface area contributed by atoms with Crippen LogP contribution in [0, 0.1) is 11.8 Å². The Hall–Kier alpha value is -3.61. The van der Waals surface area contributed by atoms with Crippen LogP contribution in [0.4, 0.5) is 0 Å². The number of hydrogen-bond donors (Lipinski definition) is 0. The van der Waals surface area contributed by atoms with E-state index in [0.717, 1.165) is 22.6 Å². The summed E-state index contributed by atoms with van der Waals surface area (Å²) in [7, 11) is 1.64. The van der Waals surface area contributed by atoms with E-state index in [1.807, 2.05) is 79.0 Å². The fraction of sp³-hybridized carbons (Fsp3) is 0.364. The Morgan fingerprint density at radius 1 is 0.846 bits per heavy atom. The molecule has 0 aliphatic carbocycles. The van der Waals surface area contributed by atoms with Crippen molar-refractivity contribution in [1.82, 2.24) is 0 Å². The number of oxime groups is 1. The van der Waals surface area contributed by atoms with Gasteiger partial charge in [-0.3, -0.25) is 0 Å². The standard InChI is InChI=1S/C33H39NO5/c1-24(2)33(36-22-26-11-7-5-8-12-26)25(3)21-34-37-23-32-31(38-29-17-15-28(35-4)16-18-29)20-19-30(39-32)27-13-9-6-10-14-27/h5-21,24-25,30-33H,22-23H2,1-4H3/b34-21+/t25-,30+,31+,32-,33-/m1/s1. The smallest absolute Gasteiger partial charge is 0.147 e. The fourth-order valence-electron chi connectivity index (χ4n) is 4.60. The summed E-state index contributed by atoms with van der Waals surface area (Å²) in [5.41, 5.74) is 2.23. The Kier molecular flexibility index (Phi) is 10.6. The van der Waals surface area contributed by atoms with E-state index in [1.165, 1.54) is 0 Å². The first-order valence-corrected chi connectivity index (χ1v) is 13.5. The highest BCUT2D eigenvalue weighted by Crippen LogP contribution is 2.29. The van der Waals surface area contributed by atoms with Crippen molar-refractivity contribution < 1.29 is 23.8 Å². The predicted molar refractivity (Wildman–Crippen MR) is 154 cm³/mol. The molecule has 0 spiro atoms. The van der Waals surface area contributed by atoms with E-state index in [0.29, 0.717) is 12.5 Å². The molecule has 0 aromatic heterocycles. The third kappa shape index (κ3) is 8.44. The zero-order chi connectivity index (χ0) is 27.5. The van der Waals surface area contributed by atoms with Crippen LogP contribution in [0.3, 0.4) is 0 Å². The van der Waals surface area contributed by atoms with Crippen LogP contribution in [-0.4, -0.2) is 38.2 Å². The summed E-state index contributed by atoms with van der Waals surface area (Å²) in [4.78, 5) is 5.78. The molecule has 1 aliphatic heterocycles. The third-order valence-corrected chi connectivity index (χ3v) is 6.69. The minimum atomic E-state index is -0.356. The van der Waals surface area contributed by atoms with Crippen molar-refractivity contribution in [1.29, 1.82) is 0 Å². The molecule has 206 valence electrons. The van der Waals surface area contributed by atoms with Crippen molar-refractivity contribution in [3.05, 3.63) is 108 Å². The van der Waals surface area contributed by atoms with E-state index in [1.54, 1.807) is 7.11 Å². The Bertz CT molecular complexity index is 1160. The molecule has 0 saturated heterocycles. The lowest BCUT2D eigenvalue weighted by Crippen LogP contribution is -2.39. The van der Waals surface area contributed by atoms with E-state index in [-0.39, 0.29) is 36.9 Å². The van der Waals surface area contributed by atoms with Gasteiger partial charge in [0.2, 0.25) is 0 Å². The molecule has 6 heteroatoms. The summed E-state index contributed by atoms with van der Waals surface area (Å²) in [6.45, 7) is 7.23. The SMILES string of the molecule is COc1ccc(O[C@H]2C=C[C@@H](c3ccccc3)O[C@@H]2CO/N=C/[C@@H](C)[C@H](OCc2ccccc2)C(C)C)cc1. The van der Waals surface area contributed by atoms with Gasteiger partial charge in [-0.15, -0.1) is 0 Å². The maximum absolute atomic E-state index is 6.42. The van der Waals surface area contributed by atoms with E-state index < -0.39 is 0 Å². The number of methoxy groups -OCH3 is 1. The van der Waals surface area contributed by atoms with Crippen LogP contribution >= 0.6 is 0 Å². The van der Waals surface area contributed by atoms with Crippen LogP contribution < -0.4 is 9.47 Å². The zero-order valence-corrected chi connectivity index (χ0v) is 23.2.